The van der Waals surface area contributed by atoms with Crippen LogP contribution in [0.5, 0.6) is 0 Å². The first kappa shape index (κ1) is 21.8. The van der Waals surface area contributed by atoms with Crippen LogP contribution in [0, 0.1) is 5.82 Å². The Morgan fingerprint density at radius 1 is 1.09 bits per heavy atom. The number of nitrogens with one attached hydrogen (secondary N) is 1. The molecule has 0 bridgehead atoms. The molecular formula is C26H21BrFN3OS. The van der Waals surface area contributed by atoms with Crippen molar-refractivity contribution in [2.24, 2.45) is 0 Å². The molecule has 0 amide bonds. The van der Waals surface area contributed by atoms with Crippen LogP contribution in [0.3, 0.4) is 0 Å². The van der Waals surface area contributed by atoms with Gasteiger partial charge in [-0.25, -0.2) is 4.39 Å². The second-order valence-electron chi connectivity index (χ2n) is 7.84. The van der Waals surface area contributed by atoms with E-state index in [0.717, 1.165) is 29.1 Å². The van der Waals surface area contributed by atoms with Gasteiger partial charge < -0.3 is 14.6 Å². The molecule has 0 unspecified atom stereocenters. The number of rotatable bonds is 5. The van der Waals surface area contributed by atoms with E-state index in [-0.39, 0.29) is 17.9 Å². The Morgan fingerprint density at radius 2 is 1.91 bits per heavy atom. The zero-order valence-electron chi connectivity index (χ0n) is 17.8. The lowest BCUT2D eigenvalue weighted by Gasteiger charge is -2.26. The van der Waals surface area contributed by atoms with E-state index in [1.807, 2.05) is 30.3 Å². The summed E-state index contributed by atoms with van der Waals surface area (Å²) < 4.78 is 20.6. The Morgan fingerprint density at radius 3 is 2.61 bits per heavy atom. The Labute approximate surface area is 205 Å². The maximum atomic E-state index is 13.6. The minimum atomic E-state index is -0.306. The molecule has 0 saturated carbocycles. The third kappa shape index (κ3) is 4.18. The Kier molecular flexibility index (Phi) is 6.00. The molecule has 1 N–H and O–H groups in total. The van der Waals surface area contributed by atoms with Crippen LogP contribution in [0.2, 0.25) is 0 Å². The third-order valence-electron chi connectivity index (χ3n) is 5.84. The molecule has 2 atom stereocenters. The number of hydrogen-bond acceptors (Lipinski definition) is 3. The molecule has 33 heavy (non-hydrogen) atoms. The third-order valence-corrected chi connectivity index (χ3v) is 6.81. The maximum Gasteiger partial charge on any atom is 0.174 e. The lowest BCUT2D eigenvalue weighted by molar-refractivity contribution is 0.439. The van der Waals surface area contributed by atoms with Gasteiger partial charge in [0.15, 0.2) is 5.11 Å². The number of furan rings is 1. The number of aryl methyl sites for hydroxylation is 1. The number of benzene rings is 2. The van der Waals surface area contributed by atoms with Crippen molar-refractivity contribution < 1.29 is 8.81 Å². The number of anilines is 1. The highest BCUT2D eigenvalue weighted by Gasteiger charge is 2.42. The average Bonchev–Trinajstić information content (AvgIpc) is 3.44. The summed E-state index contributed by atoms with van der Waals surface area (Å²) in [7, 11) is 0. The summed E-state index contributed by atoms with van der Waals surface area (Å²) in [5.41, 5.74) is 3.90. The molecule has 2 aromatic carbocycles. The largest absolute Gasteiger partial charge is 0.459 e. The molecule has 166 valence electrons. The highest BCUT2D eigenvalue weighted by atomic mass is 79.9. The van der Waals surface area contributed by atoms with Crippen LogP contribution in [0.4, 0.5) is 10.1 Å². The second-order valence-corrected chi connectivity index (χ2v) is 9.08. The van der Waals surface area contributed by atoms with E-state index in [2.05, 4.69) is 62.3 Å². The van der Waals surface area contributed by atoms with Crippen molar-refractivity contribution in [2.75, 3.05) is 4.90 Å². The van der Waals surface area contributed by atoms with Crippen LogP contribution in [-0.4, -0.2) is 10.1 Å². The summed E-state index contributed by atoms with van der Waals surface area (Å²) in [6.45, 7) is 2.13. The van der Waals surface area contributed by atoms with Gasteiger partial charge in [0, 0.05) is 21.9 Å². The van der Waals surface area contributed by atoms with E-state index in [1.165, 1.54) is 17.7 Å². The highest BCUT2D eigenvalue weighted by Crippen LogP contribution is 2.43. The quantitative estimate of drug-likeness (QED) is 0.287. The number of pyridine rings is 1. The first-order valence-electron chi connectivity index (χ1n) is 10.7. The van der Waals surface area contributed by atoms with Crippen LogP contribution in [0.25, 0.3) is 11.3 Å². The van der Waals surface area contributed by atoms with Crippen molar-refractivity contribution in [1.82, 2.24) is 10.3 Å². The minimum absolute atomic E-state index is 0.194. The summed E-state index contributed by atoms with van der Waals surface area (Å²) in [6, 6.07) is 22.2. The number of thiocarbonyl (C=S) groups is 1. The molecule has 2 aromatic heterocycles. The normalized spacial score (nSPS) is 17.9. The van der Waals surface area contributed by atoms with Gasteiger partial charge in [-0.2, -0.15) is 0 Å². The van der Waals surface area contributed by atoms with E-state index in [4.69, 9.17) is 16.6 Å². The molecule has 1 saturated heterocycles. The topological polar surface area (TPSA) is 41.3 Å². The zero-order chi connectivity index (χ0) is 22.9. The molecule has 1 aliphatic heterocycles. The minimum Gasteiger partial charge on any atom is -0.459 e. The Balaban J connectivity index is 1.59. The van der Waals surface area contributed by atoms with E-state index in [1.54, 1.807) is 12.3 Å². The molecular weight excluding hydrogens is 501 g/mol. The fourth-order valence-electron chi connectivity index (χ4n) is 4.16. The van der Waals surface area contributed by atoms with Crippen molar-refractivity contribution >= 4 is 38.9 Å². The lowest BCUT2D eigenvalue weighted by Crippen LogP contribution is -2.29. The predicted octanol–water partition coefficient (Wildman–Crippen LogP) is 6.98. The van der Waals surface area contributed by atoms with E-state index < -0.39 is 0 Å². The van der Waals surface area contributed by atoms with Crippen LogP contribution in [0.15, 0.2) is 87.9 Å². The maximum absolute atomic E-state index is 13.6. The monoisotopic (exact) mass is 521 g/mol. The SMILES string of the molecule is CCc1ccc(N2C(=S)N[C@@H](c3ccccn3)[C@@H]2c2ccc(-c3ccc(F)cc3Br)o2)cc1. The molecule has 4 nitrogen and oxygen atoms in total. The van der Waals surface area contributed by atoms with Gasteiger partial charge in [0.25, 0.3) is 0 Å². The molecule has 1 fully saturated rings. The van der Waals surface area contributed by atoms with Crippen molar-refractivity contribution in [3.8, 4) is 11.3 Å². The summed E-state index contributed by atoms with van der Waals surface area (Å²) in [6.07, 6.45) is 2.75. The molecule has 1 aliphatic rings. The van der Waals surface area contributed by atoms with Gasteiger partial charge in [-0.3, -0.25) is 4.98 Å². The van der Waals surface area contributed by atoms with Crippen LogP contribution in [-0.2, 0) is 6.42 Å². The van der Waals surface area contributed by atoms with Gasteiger partial charge in [0.1, 0.15) is 23.4 Å². The molecule has 7 heteroatoms. The Hall–Kier alpha value is -3.03. The van der Waals surface area contributed by atoms with E-state index in [0.29, 0.717) is 15.3 Å². The molecule has 0 spiro atoms. The van der Waals surface area contributed by atoms with Gasteiger partial charge in [0.2, 0.25) is 0 Å². The first-order valence-corrected chi connectivity index (χ1v) is 11.9. The zero-order valence-corrected chi connectivity index (χ0v) is 20.2. The first-order chi connectivity index (χ1) is 16.0. The summed E-state index contributed by atoms with van der Waals surface area (Å²) in [5, 5.41) is 4.05. The van der Waals surface area contributed by atoms with E-state index >= 15 is 0 Å². The van der Waals surface area contributed by atoms with Crippen molar-refractivity contribution in [2.45, 2.75) is 25.4 Å². The van der Waals surface area contributed by atoms with Gasteiger partial charge in [0.05, 0.1) is 11.7 Å². The predicted molar refractivity (Wildman–Crippen MR) is 136 cm³/mol. The van der Waals surface area contributed by atoms with Crippen LogP contribution >= 0.6 is 28.1 Å². The van der Waals surface area contributed by atoms with Gasteiger partial charge in [-0.1, -0.05) is 25.1 Å². The molecule has 0 aliphatic carbocycles. The molecule has 5 rings (SSSR count). The number of aromatic nitrogens is 1. The van der Waals surface area contributed by atoms with Crippen LogP contribution in [0.1, 0.15) is 36.0 Å². The van der Waals surface area contributed by atoms with Gasteiger partial charge in [-0.05, 0) is 94.7 Å². The number of halogens is 2. The van der Waals surface area contributed by atoms with E-state index in [9.17, 15) is 4.39 Å². The van der Waals surface area contributed by atoms with Gasteiger partial charge >= 0.3 is 0 Å². The summed E-state index contributed by atoms with van der Waals surface area (Å²) in [5.74, 6) is 1.08. The van der Waals surface area contributed by atoms with Crippen LogP contribution < -0.4 is 10.2 Å². The van der Waals surface area contributed by atoms with Crippen molar-refractivity contribution in [1.29, 1.82) is 0 Å². The standard InChI is InChI=1S/C26H21BrFN3OS/c1-2-16-6-9-18(10-7-16)31-25(24(30-26(31)33)21-5-3-4-14-29-21)23-13-12-22(32-23)19-11-8-17(28)15-20(19)27/h3-15,24-25H,2H2,1H3,(H,30,33)/t24-,25-/m0/s1. The number of nitrogens with zero attached hydrogens (tertiary/aromatic N) is 2. The number of hydrogen-bond donors (Lipinski definition) is 1. The fourth-order valence-corrected chi connectivity index (χ4v) is 5.05. The smallest absolute Gasteiger partial charge is 0.174 e. The summed E-state index contributed by atoms with van der Waals surface area (Å²) >= 11 is 9.21. The van der Waals surface area contributed by atoms with Crippen molar-refractivity contribution in [3.63, 3.8) is 0 Å². The molecule has 4 aromatic rings. The van der Waals surface area contributed by atoms with Crippen molar-refractivity contribution in [3.05, 3.63) is 106 Å². The second kappa shape index (κ2) is 9.08. The molecule has 0 radical (unpaired) electrons. The highest BCUT2D eigenvalue weighted by molar-refractivity contribution is 9.10. The molecule has 3 heterocycles. The average molecular weight is 522 g/mol. The Bertz CT molecular complexity index is 1290. The summed E-state index contributed by atoms with van der Waals surface area (Å²) in [4.78, 5) is 6.66. The lowest BCUT2D eigenvalue weighted by atomic mass is 10.0. The fraction of sp³-hybridized carbons (Fsp3) is 0.154. The van der Waals surface area contributed by atoms with Gasteiger partial charge in [-0.15, -0.1) is 0 Å².